The Morgan fingerprint density at radius 2 is 1.44 bits per heavy atom. The van der Waals surface area contributed by atoms with E-state index in [4.69, 9.17) is 0 Å². The molecule has 0 saturated carbocycles. The van der Waals surface area contributed by atoms with Crippen molar-refractivity contribution in [2.75, 3.05) is 19.0 Å². The third kappa shape index (κ3) is 3.48. The Morgan fingerprint density at radius 3 is 2.11 bits per heavy atom. The summed E-state index contributed by atoms with van der Waals surface area (Å²) in [4.78, 5) is 2.14. The molecule has 0 fully saturated rings. The highest BCUT2D eigenvalue weighted by atomic mass is 15.1. The van der Waals surface area contributed by atoms with Crippen LogP contribution in [0.5, 0.6) is 0 Å². The summed E-state index contributed by atoms with van der Waals surface area (Å²) in [5.74, 6) is 0. The standard InChI is InChI=1S/C25H26N2/c1-18-5-10-23(11-6-18)27-17-21(24-15-19(2)7-14-25(24)27)16-20-8-12-22(13-9-20)26(3)4/h5-15,17H,16H2,1-4H3. The van der Waals surface area contributed by atoms with E-state index in [-0.39, 0.29) is 0 Å². The number of hydrogen-bond acceptors (Lipinski definition) is 1. The number of benzene rings is 3. The predicted molar refractivity (Wildman–Crippen MR) is 116 cm³/mol. The van der Waals surface area contributed by atoms with Crippen LogP contribution in [0.25, 0.3) is 16.6 Å². The van der Waals surface area contributed by atoms with Gasteiger partial charge in [0.15, 0.2) is 0 Å². The van der Waals surface area contributed by atoms with Crippen LogP contribution >= 0.6 is 0 Å². The average Bonchev–Trinajstić information content (AvgIpc) is 3.00. The molecule has 0 N–H and O–H groups in total. The number of aromatic nitrogens is 1. The van der Waals surface area contributed by atoms with Crippen LogP contribution in [0.3, 0.4) is 0 Å². The zero-order chi connectivity index (χ0) is 19.0. The van der Waals surface area contributed by atoms with Crippen molar-refractivity contribution in [2.24, 2.45) is 0 Å². The van der Waals surface area contributed by atoms with Gasteiger partial charge in [-0.25, -0.2) is 0 Å². The van der Waals surface area contributed by atoms with E-state index < -0.39 is 0 Å². The Labute approximate surface area is 161 Å². The highest BCUT2D eigenvalue weighted by Crippen LogP contribution is 2.28. The van der Waals surface area contributed by atoms with E-state index in [0.29, 0.717) is 0 Å². The van der Waals surface area contributed by atoms with Gasteiger partial charge in [-0.1, -0.05) is 41.5 Å². The average molecular weight is 354 g/mol. The van der Waals surface area contributed by atoms with E-state index in [1.165, 1.54) is 44.5 Å². The second-order valence-electron chi connectivity index (χ2n) is 7.62. The molecule has 0 saturated heterocycles. The topological polar surface area (TPSA) is 8.17 Å². The Hall–Kier alpha value is -3.00. The monoisotopic (exact) mass is 354 g/mol. The highest BCUT2D eigenvalue weighted by molar-refractivity contribution is 5.86. The van der Waals surface area contributed by atoms with Gasteiger partial charge in [-0.3, -0.25) is 0 Å². The normalized spacial score (nSPS) is 11.1. The van der Waals surface area contributed by atoms with Crippen LogP contribution in [0.1, 0.15) is 22.3 Å². The van der Waals surface area contributed by atoms with Crippen molar-refractivity contribution in [3.63, 3.8) is 0 Å². The predicted octanol–water partition coefficient (Wildman–Crippen LogP) is 5.90. The van der Waals surface area contributed by atoms with Crippen LogP contribution < -0.4 is 4.90 Å². The third-order valence-electron chi connectivity index (χ3n) is 5.20. The molecule has 0 unspecified atom stereocenters. The number of anilines is 1. The molecule has 0 amide bonds. The Bertz CT molecular complexity index is 1070. The fraction of sp³-hybridized carbons (Fsp3) is 0.200. The molecule has 3 aromatic carbocycles. The smallest absolute Gasteiger partial charge is 0.0531 e. The molecule has 4 aromatic rings. The van der Waals surface area contributed by atoms with Crippen molar-refractivity contribution in [3.05, 3.63) is 95.2 Å². The number of fused-ring (bicyclic) bond motifs is 1. The molecule has 4 rings (SSSR count). The zero-order valence-corrected chi connectivity index (χ0v) is 16.5. The summed E-state index contributed by atoms with van der Waals surface area (Å²) in [6.07, 6.45) is 3.24. The summed E-state index contributed by atoms with van der Waals surface area (Å²) >= 11 is 0. The maximum absolute atomic E-state index is 2.32. The van der Waals surface area contributed by atoms with Gasteiger partial charge < -0.3 is 9.47 Å². The Morgan fingerprint density at radius 1 is 0.778 bits per heavy atom. The summed E-state index contributed by atoms with van der Waals surface area (Å²) in [5.41, 5.74) is 9.00. The van der Waals surface area contributed by atoms with Crippen LogP contribution in [0.2, 0.25) is 0 Å². The van der Waals surface area contributed by atoms with Crippen molar-refractivity contribution < 1.29 is 0 Å². The first kappa shape index (κ1) is 17.4. The maximum Gasteiger partial charge on any atom is 0.0531 e. The SMILES string of the molecule is Cc1ccc(-n2cc(Cc3ccc(N(C)C)cc3)c3cc(C)ccc32)cc1. The molecule has 0 aliphatic heterocycles. The van der Waals surface area contributed by atoms with E-state index >= 15 is 0 Å². The van der Waals surface area contributed by atoms with Crippen LogP contribution in [-0.4, -0.2) is 18.7 Å². The first-order chi connectivity index (χ1) is 13.0. The van der Waals surface area contributed by atoms with E-state index in [9.17, 15) is 0 Å². The molecule has 2 nitrogen and oxygen atoms in total. The molecule has 0 spiro atoms. The summed E-state index contributed by atoms with van der Waals surface area (Å²) in [6, 6.07) is 24.4. The molecule has 1 heterocycles. The molecule has 0 atom stereocenters. The molecule has 0 radical (unpaired) electrons. The molecule has 0 aliphatic rings. The first-order valence-electron chi connectivity index (χ1n) is 9.45. The van der Waals surface area contributed by atoms with Gasteiger partial charge in [0, 0.05) is 37.1 Å². The Balaban J connectivity index is 1.78. The lowest BCUT2D eigenvalue weighted by molar-refractivity contribution is 1.09. The molecule has 2 heteroatoms. The fourth-order valence-electron chi connectivity index (χ4n) is 3.60. The van der Waals surface area contributed by atoms with E-state index in [0.717, 1.165) is 6.42 Å². The van der Waals surface area contributed by atoms with Crippen molar-refractivity contribution in [3.8, 4) is 5.69 Å². The van der Waals surface area contributed by atoms with Crippen molar-refractivity contribution >= 4 is 16.6 Å². The van der Waals surface area contributed by atoms with Crippen molar-refractivity contribution in [1.29, 1.82) is 0 Å². The third-order valence-corrected chi connectivity index (χ3v) is 5.20. The molecular formula is C25H26N2. The van der Waals surface area contributed by atoms with Crippen molar-refractivity contribution in [2.45, 2.75) is 20.3 Å². The lowest BCUT2D eigenvalue weighted by Crippen LogP contribution is -2.08. The lowest BCUT2D eigenvalue weighted by Gasteiger charge is -2.12. The zero-order valence-electron chi connectivity index (χ0n) is 16.5. The summed E-state index contributed by atoms with van der Waals surface area (Å²) < 4.78 is 2.32. The number of nitrogens with zero attached hydrogens (tertiary/aromatic N) is 2. The molecular weight excluding hydrogens is 328 g/mol. The van der Waals surface area contributed by atoms with Gasteiger partial charge in [0.25, 0.3) is 0 Å². The maximum atomic E-state index is 2.32. The van der Waals surface area contributed by atoms with Gasteiger partial charge in [0.05, 0.1) is 5.52 Å². The first-order valence-corrected chi connectivity index (χ1v) is 9.45. The lowest BCUT2D eigenvalue weighted by atomic mass is 10.0. The van der Waals surface area contributed by atoms with Gasteiger partial charge in [0.2, 0.25) is 0 Å². The van der Waals surface area contributed by atoms with E-state index in [2.05, 4.69) is 110 Å². The van der Waals surface area contributed by atoms with Crippen LogP contribution in [0.4, 0.5) is 5.69 Å². The number of rotatable bonds is 4. The summed E-state index contributed by atoms with van der Waals surface area (Å²) in [6.45, 7) is 4.29. The molecule has 0 aliphatic carbocycles. The summed E-state index contributed by atoms with van der Waals surface area (Å²) in [5, 5.41) is 1.34. The molecule has 27 heavy (non-hydrogen) atoms. The van der Waals surface area contributed by atoms with Gasteiger partial charge >= 0.3 is 0 Å². The fourth-order valence-corrected chi connectivity index (χ4v) is 3.60. The quantitative estimate of drug-likeness (QED) is 0.443. The second kappa shape index (κ2) is 6.96. The molecule has 136 valence electrons. The van der Waals surface area contributed by atoms with Crippen molar-refractivity contribution in [1.82, 2.24) is 4.57 Å². The minimum absolute atomic E-state index is 0.937. The van der Waals surface area contributed by atoms with Gasteiger partial charge in [-0.15, -0.1) is 0 Å². The molecule has 0 bridgehead atoms. The van der Waals surface area contributed by atoms with Crippen LogP contribution in [0, 0.1) is 13.8 Å². The summed E-state index contributed by atoms with van der Waals surface area (Å²) in [7, 11) is 4.15. The highest BCUT2D eigenvalue weighted by Gasteiger charge is 2.11. The van der Waals surface area contributed by atoms with E-state index in [1.54, 1.807) is 0 Å². The molecule has 1 aromatic heterocycles. The number of hydrogen-bond donors (Lipinski definition) is 0. The van der Waals surface area contributed by atoms with Gasteiger partial charge in [-0.2, -0.15) is 0 Å². The Kier molecular flexibility index (Phi) is 4.49. The van der Waals surface area contributed by atoms with Gasteiger partial charge in [0.1, 0.15) is 0 Å². The largest absolute Gasteiger partial charge is 0.378 e. The number of aryl methyl sites for hydroxylation is 2. The van der Waals surface area contributed by atoms with Gasteiger partial charge in [-0.05, 0) is 67.8 Å². The van der Waals surface area contributed by atoms with E-state index in [1.807, 2.05) is 0 Å². The van der Waals surface area contributed by atoms with Crippen LogP contribution in [0.15, 0.2) is 72.9 Å². The minimum atomic E-state index is 0.937. The second-order valence-corrected chi connectivity index (χ2v) is 7.62. The minimum Gasteiger partial charge on any atom is -0.378 e. The van der Waals surface area contributed by atoms with Crippen LogP contribution in [-0.2, 0) is 6.42 Å².